The van der Waals surface area contributed by atoms with Crippen molar-refractivity contribution in [1.29, 1.82) is 0 Å². The fraction of sp³-hybridized carbons (Fsp3) is 0.636. The van der Waals surface area contributed by atoms with Gasteiger partial charge in [-0.25, -0.2) is 4.98 Å². The lowest BCUT2D eigenvalue weighted by molar-refractivity contribution is 0.132. The van der Waals surface area contributed by atoms with Crippen LogP contribution >= 0.6 is 0 Å². The Kier molecular flexibility index (Phi) is 2.60. The highest BCUT2D eigenvalue weighted by atomic mass is 16.5. The SMILES string of the molecule is COc1nc(N2CCC(N)C2)nc2c1COC2. The normalized spacial score (nSPS) is 22.9. The lowest BCUT2D eigenvalue weighted by Crippen LogP contribution is -2.28. The number of hydrogen-bond donors (Lipinski definition) is 1. The molecule has 1 unspecified atom stereocenters. The van der Waals surface area contributed by atoms with E-state index in [0.717, 1.165) is 30.8 Å². The van der Waals surface area contributed by atoms with E-state index in [1.807, 2.05) is 0 Å². The van der Waals surface area contributed by atoms with Crippen molar-refractivity contribution in [1.82, 2.24) is 9.97 Å². The third kappa shape index (κ3) is 1.83. The molecule has 1 aromatic heterocycles. The molecule has 17 heavy (non-hydrogen) atoms. The molecule has 0 aromatic carbocycles. The first-order valence-electron chi connectivity index (χ1n) is 5.80. The molecule has 1 fully saturated rings. The Hall–Kier alpha value is -1.40. The molecule has 1 aromatic rings. The summed E-state index contributed by atoms with van der Waals surface area (Å²) in [6.07, 6.45) is 0.985. The Morgan fingerprint density at radius 1 is 1.41 bits per heavy atom. The molecule has 92 valence electrons. The van der Waals surface area contributed by atoms with Crippen LogP contribution in [0.5, 0.6) is 5.88 Å². The first kappa shape index (κ1) is 10.7. The Morgan fingerprint density at radius 2 is 2.29 bits per heavy atom. The molecule has 0 saturated carbocycles. The molecular formula is C11H16N4O2. The third-order valence-corrected chi connectivity index (χ3v) is 3.23. The number of anilines is 1. The van der Waals surface area contributed by atoms with Gasteiger partial charge in [-0.05, 0) is 6.42 Å². The summed E-state index contributed by atoms with van der Waals surface area (Å²) < 4.78 is 10.7. The average molecular weight is 236 g/mol. The summed E-state index contributed by atoms with van der Waals surface area (Å²) in [6.45, 7) is 2.80. The van der Waals surface area contributed by atoms with Crippen molar-refractivity contribution in [3.63, 3.8) is 0 Å². The van der Waals surface area contributed by atoms with Crippen molar-refractivity contribution in [2.24, 2.45) is 5.73 Å². The highest BCUT2D eigenvalue weighted by Gasteiger charge is 2.26. The number of nitrogens with two attached hydrogens (primary N) is 1. The van der Waals surface area contributed by atoms with E-state index in [2.05, 4.69) is 14.9 Å². The van der Waals surface area contributed by atoms with E-state index in [0.29, 0.717) is 25.0 Å². The second-order valence-corrected chi connectivity index (χ2v) is 4.45. The predicted octanol–water partition coefficient (Wildman–Crippen LogP) is 0.0528. The van der Waals surface area contributed by atoms with Gasteiger partial charge in [0.15, 0.2) is 0 Å². The van der Waals surface area contributed by atoms with Crippen LogP contribution in [0.1, 0.15) is 17.7 Å². The first-order valence-corrected chi connectivity index (χ1v) is 5.80. The average Bonchev–Trinajstić information content (AvgIpc) is 2.95. The van der Waals surface area contributed by atoms with Gasteiger partial charge in [0.25, 0.3) is 0 Å². The third-order valence-electron chi connectivity index (χ3n) is 3.23. The van der Waals surface area contributed by atoms with Gasteiger partial charge in [0.1, 0.15) is 0 Å². The van der Waals surface area contributed by atoms with Gasteiger partial charge in [-0.3, -0.25) is 0 Å². The largest absolute Gasteiger partial charge is 0.481 e. The molecule has 0 radical (unpaired) electrons. The van der Waals surface area contributed by atoms with Crippen LogP contribution in [0.15, 0.2) is 0 Å². The van der Waals surface area contributed by atoms with E-state index in [9.17, 15) is 0 Å². The van der Waals surface area contributed by atoms with E-state index >= 15 is 0 Å². The number of methoxy groups -OCH3 is 1. The highest BCUT2D eigenvalue weighted by molar-refractivity contribution is 5.42. The zero-order valence-corrected chi connectivity index (χ0v) is 9.85. The Labute approximate surface area is 99.7 Å². The van der Waals surface area contributed by atoms with E-state index in [4.69, 9.17) is 15.2 Å². The Balaban J connectivity index is 1.95. The molecule has 0 amide bonds. The van der Waals surface area contributed by atoms with Crippen LogP contribution < -0.4 is 15.4 Å². The Bertz CT molecular complexity index is 438. The van der Waals surface area contributed by atoms with Gasteiger partial charge in [-0.2, -0.15) is 4.98 Å². The summed E-state index contributed by atoms with van der Waals surface area (Å²) in [7, 11) is 1.63. The van der Waals surface area contributed by atoms with E-state index in [1.165, 1.54) is 0 Å². The molecule has 6 heteroatoms. The monoisotopic (exact) mass is 236 g/mol. The van der Waals surface area contributed by atoms with Crippen molar-refractivity contribution in [2.45, 2.75) is 25.7 Å². The van der Waals surface area contributed by atoms with Crippen LogP contribution in [-0.4, -0.2) is 36.2 Å². The molecule has 6 nitrogen and oxygen atoms in total. The van der Waals surface area contributed by atoms with Gasteiger partial charge in [-0.1, -0.05) is 0 Å². The number of ether oxygens (including phenoxy) is 2. The minimum absolute atomic E-state index is 0.217. The van der Waals surface area contributed by atoms with Gasteiger partial charge in [0.2, 0.25) is 11.8 Å². The molecule has 3 rings (SSSR count). The molecule has 3 heterocycles. The topological polar surface area (TPSA) is 73.5 Å². The van der Waals surface area contributed by atoms with E-state index in [1.54, 1.807) is 7.11 Å². The quantitative estimate of drug-likeness (QED) is 0.782. The fourth-order valence-electron chi connectivity index (χ4n) is 2.29. The fourth-order valence-corrected chi connectivity index (χ4v) is 2.29. The minimum atomic E-state index is 0.217. The molecule has 1 saturated heterocycles. The standard InChI is InChI=1S/C11H16N4O2/c1-16-10-8-5-17-6-9(8)13-11(14-10)15-3-2-7(12)4-15/h7H,2-6,12H2,1H3. The lowest BCUT2D eigenvalue weighted by atomic mass is 10.2. The van der Waals surface area contributed by atoms with E-state index < -0.39 is 0 Å². The first-order chi connectivity index (χ1) is 8.28. The number of rotatable bonds is 2. The summed E-state index contributed by atoms with van der Waals surface area (Å²) >= 11 is 0. The van der Waals surface area contributed by atoms with Crippen LogP contribution in [0, 0.1) is 0 Å². The zero-order valence-electron chi connectivity index (χ0n) is 9.85. The second-order valence-electron chi connectivity index (χ2n) is 4.45. The second kappa shape index (κ2) is 4.12. The maximum atomic E-state index is 5.89. The summed E-state index contributed by atoms with van der Waals surface area (Å²) in [5.74, 6) is 1.34. The van der Waals surface area contributed by atoms with Gasteiger partial charge in [0.05, 0.1) is 31.6 Å². The summed E-state index contributed by atoms with van der Waals surface area (Å²) in [5, 5.41) is 0. The van der Waals surface area contributed by atoms with Crippen molar-refractivity contribution in [3.05, 3.63) is 11.3 Å². The molecule has 0 bridgehead atoms. The molecule has 2 aliphatic rings. The molecular weight excluding hydrogens is 220 g/mol. The molecule has 0 aliphatic carbocycles. The van der Waals surface area contributed by atoms with Crippen molar-refractivity contribution in [2.75, 3.05) is 25.1 Å². The highest BCUT2D eigenvalue weighted by Crippen LogP contribution is 2.29. The lowest BCUT2D eigenvalue weighted by Gasteiger charge is -2.17. The summed E-state index contributed by atoms with van der Waals surface area (Å²) in [6, 6.07) is 0.217. The van der Waals surface area contributed by atoms with Crippen molar-refractivity contribution in [3.8, 4) is 5.88 Å². The Morgan fingerprint density at radius 3 is 3.00 bits per heavy atom. The summed E-state index contributed by atoms with van der Waals surface area (Å²) in [4.78, 5) is 11.1. The maximum absolute atomic E-state index is 5.89. The number of hydrogen-bond acceptors (Lipinski definition) is 6. The number of fused-ring (bicyclic) bond motifs is 1. The van der Waals surface area contributed by atoms with Crippen LogP contribution in [0.2, 0.25) is 0 Å². The number of nitrogens with zero attached hydrogens (tertiary/aromatic N) is 3. The molecule has 2 aliphatic heterocycles. The molecule has 0 spiro atoms. The zero-order chi connectivity index (χ0) is 11.8. The number of aromatic nitrogens is 2. The maximum Gasteiger partial charge on any atom is 0.229 e. The van der Waals surface area contributed by atoms with Crippen LogP contribution in [0.4, 0.5) is 5.95 Å². The smallest absolute Gasteiger partial charge is 0.229 e. The van der Waals surface area contributed by atoms with Crippen LogP contribution in [0.25, 0.3) is 0 Å². The van der Waals surface area contributed by atoms with Gasteiger partial charge in [-0.15, -0.1) is 0 Å². The van der Waals surface area contributed by atoms with Crippen molar-refractivity contribution < 1.29 is 9.47 Å². The van der Waals surface area contributed by atoms with E-state index in [-0.39, 0.29) is 6.04 Å². The molecule has 2 N–H and O–H groups in total. The van der Waals surface area contributed by atoms with Gasteiger partial charge < -0.3 is 20.1 Å². The van der Waals surface area contributed by atoms with Gasteiger partial charge >= 0.3 is 0 Å². The van der Waals surface area contributed by atoms with Gasteiger partial charge in [0, 0.05) is 19.1 Å². The minimum Gasteiger partial charge on any atom is -0.481 e. The molecule has 1 atom stereocenters. The van der Waals surface area contributed by atoms with Crippen LogP contribution in [0.3, 0.4) is 0 Å². The van der Waals surface area contributed by atoms with Crippen molar-refractivity contribution >= 4 is 5.95 Å². The predicted molar refractivity (Wildman–Crippen MR) is 61.9 cm³/mol. The summed E-state index contributed by atoms with van der Waals surface area (Å²) in [5.41, 5.74) is 7.80. The van der Waals surface area contributed by atoms with Crippen LogP contribution in [-0.2, 0) is 18.0 Å².